The first-order valence-electron chi connectivity index (χ1n) is 5.05. The topological polar surface area (TPSA) is 44.1 Å². The van der Waals surface area contributed by atoms with Gasteiger partial charge in [0.25, 0.3) is 0 Å². The highest BCUT2D eigenvalue weighted by molar-refractivity contribution is 5.79. The molecule has 2 rings (SSSR count). The lowest BCUT2D eigenvalue weighted by molar-refractivity contribution is 0.111. The van der Waals surface area contributed by atoms with Crippen LogP contribution in [0.3, 0.4) is 0 Å². The molecule has 1 aromatic carbocycles. The molecule has 4 nitrogen and oxygen atoms in total. The molecular weight excluding hydrogens is 223 g/mol. The minimum Gasteiger partial charge on any atom is -0.482 e. The van der Waals surface area contributed by atoms with Gasteiger partial charge in [0.05, 0.1) is 5.56 Å². The minimum atomic E-state index is -0.552. The van der Waals surface area contributed by atoms with Crippen molar-refractivity contribution in [1.29, 1.82) is 0 Å². The Morgan fingerprint density at radius 1 is 1.53 bits per heavy atom. The molecule has 1 aromatic heterocycles. The van der Waals surface area contributed by atoms with Gasteiger partial charge in [-0.3, -0.25) is 4.79 Å². The average Bonchev–Trinajstić information content (AvgIpc) is 2.73. The number of hydrogen-bond acceptors (Lipinski definition) is 3. The molecule has 1 heterocycles. The highest BCUT2D eigenvalue weighted by Gasteiger charge is 2.10. The number of nitrogens with zero attached hydrogens (tertiary/aromatic N) is 2. The van der Waals surface area contributed by atoms with E-state index in [0.29, 0.717) is 12.1 Å². The van der Waals surface area contributed by atoms with Crippen molar-refractivity contribution in [3.05, 3.63) is 47.8 Å². The Bertz CT molecular complexity index is 537. The van der Waals surface area contributed by atoms with Gasteiger partial charge in [-0.15, -0.1) is 0 Å². The van der Waals surface area contributed by atoms with Gasteiger partial charge in [0.1, 0.15) is 12.4 Å². The Kier molecular flexibility index (Phi) is 3.18. The largest absolute Gasteiger partial charge is 0.482 e. The Balaban J connectivity index is 2.19. The van der Waals surface area contributed by atoms with E-state index in [1.807, 2.05) is 7.05 Å². The third-order valence-corrected chi connectivity index (χ3v) is 2.39. The van der Waals surface area contributed by atoms with Gasteiger partial charge in [-0.25, -0.2) is 9.37 Å². The first-order valence-corrected chi connectivity index (χ1v) is 5.05. The third-order valence-electron chi connectivity index (χ3n) is 2.39. The monoisotopic (exact) mass is 234 g/mol. The summed E-state index contributed by atoms with van der Waals surface area (Å²) in [5, 5.41) is 0. The van der Waals surface area contributed by atoms with Crippen molar-refractivity contribution in [1.82, 2.24) is 9.55 Å². The third kappa shape index (κ3) is 2.33. The summed E-state index contributed by atoms with van der Waals surface area (Å²) in [7, 11) is 1.81. The van der Waals surface area contributed by atoms with Crippen LogP contribution >= 0.6 is 0 Å². The van der Waals surface area contributed by atoms with Crippen LogP contribution in [0, 0.1) is 5.82 Å². The fraction of sp³-hybridized carbons (Fsp3) is 0.167. The zero-order valence-corrected chi connectivity index (χ0v) is 9.26. The molecule has 0 fully saturated rings. The van der Waals surface area contributed by atoms with Gasteiger partial charge in [-0.1, -0.05) is 6.07 Å². The maximum Gasteiger partial charge on any atom is 0.166 e. The first-order chi connectivity index (χ1) is 8.22. The predicted octanol–water partition coefficient (Wildman–Crippen LogP) is 1.95. The number of benzene rings is 1. The summed E-state index contributed by atoms with van der Waals surface area (Å²) in [5.41, 5.74) is 0.194. The van der Waals surface area contributed by atoms with E-state index in [0.717, 1.165) is 0 Å². The highest BCUT2D eigenvalue weighted by Crippen LogP contribution is 2.21. The smallest absolute Gasteiger partial charge is 0.166 e. The van der Waals surface area contributed by atoms with Crippen LogP contribution in [-0.4, -0.2) is 15.8 Å². The van der Waals surface area contributed by atoms with Gasteiger partial charge in [0.15, 0.2) is 17.9 Å². The fourth-order valence-corrected chi connectivity index (χ4v) is 1.44. The fourth-order valence-electron chi connectivity index (χ4n) is 1.44. The zero-order valence-electron chi connectivity index (χ0n) is 9.26. The van der Waals surface area contributed by atoms with Crippen molar-refractivity contribution in [3.8, 4) is 5.75 Å². The summed E-state index contributed by atoms with van der Waals surface area (Å²) < 4.78 is 20.5. The van der Waals surface area contributed by atoms with Gasteiger partial charge >= 0.3 is 0 Å². The molecule has 5 heteroatoms. The second-order valence-corrected chi connectivity index (χ2v) is 3.52. The number of carbonyl (C=O) groups is 1. The highest BCUT2D eigenvalue weighted by atomic mass is 19.1. The molecule has 0 aliphatic carbocycles. The average molecular weight is 234 g/mol. The molecule has 0 unspecified atom stereocenters. The minimum absolute atomic E-state index is 0.0366. The molecule has 0 amide bonds. The number of hydrogen-bond donors (Lipinski definition) is 0. The van der Waals surface area contributed by atoms with Crippen LogP contribution in [0.2, 0.25) is 0 Å². The van der Waals surface area contributed by atoms with Crippen LogP contribution in [0.4, 0.5) is 4.39 Å². The lowest BCUT2D eigenvalue weighted by atomic mass is 10.2. The summed E-state index contributed by atoms with van der Waals surface area (Å²) in [6, 6.07) is 4.22. The summed E-state index contributed by atoms with van der Waals surface area (Å²) in [4.78, 5) is 14.8. The number of ether oxygens (including phenoxy) is 1. The van der Waals surface area contributed by atoms with Crippen LogP contribution in [0.5, 0.6) is 5.75 Å². The molecule has 17 heavy (non-hydrogen) atoms. The van der Waals surface area contributed by atoms with Gasteiger partial charge < -0.3 is 9.30 Å². The predicted molar refractivity (Wildman–Crippen MR) is 59.3 cm³/mol. The number of para-hydroxylation sites is 1. The Morgan fingerprint density at radius 3 is 3.00 bits per heavy atom. The standard InChI is InChI=1S/C12H11FN2O2/c1-15-6-5-14-11(15)8-17-12-9(7-16)3-2-4-10(12)13/h2-7H,8H2,1H3. The number of aromatic nitrogens is 2. The van der Waals surface area contributed by atoms with Gasteiger partial charge in [0.2, 0.25) is 0 Å². The van der Waals surface area contributed by atoms with Crippen LogP contribution in [-0.2, 0) is 13.7 Å². The van der Waals surface area contributed by atoms with Gasteiger partial charge in [0, 0.05) is 19.4 Å². The van der Waals surface area contributed by atoms with Crippen molar-refractivity contribution < 1.29 is 13.9 Å². The maximum atomic E-state index is 13.5. The number of rotatable bonds is 4. The molecule has 0 atom stereocenters. The van der Waals surface area contributed by atoms with Crippen LogP contribution in [0.15, 0.2) is 30.6 Å². The van der Waals surface area contributed by atoms with Gasteiger partial charge in [-0.2, -0.15) is 0 Å². The molecule has 0 N–H and O–H groups in total. The second-order valence-electron chi connectivity index (χ2n) is 3.52. The molecule has 0 aliphatic rings. The summed E-state index contributed by atoms with van der Waals surface area (Å²) in [6.45, 7) is 0.116. The van der Waals surface area contributed by atoms with Crippen LogP contribution in [0.1, 0.15) is 16.2 Å². The number of aryl methyl sites for hydroxylation is 1. The lowest BCUT2D eigenvalue weighted by Crippen LogP contribution is -2.05. The van der Waals surface area contributed by atoms with Crippen molar-refractivity contribution in [2.24, 2.45) is 7.05 Å². The van der Waals surface area contributed by atoms with E-state index < -0.39 is 5.82 Å². The Hall–Kier alpha value is -2.17. The molecule has 88 valence electrons. The van der Waals surface area contributed by atoms with E-state index in [1.54, 1.807) is 17.0 Å². The molecule has 2 aromatic rings. The number of aldehydes is 1. The van der Waals surface area contributed by atoms with Crippen molar-refractivity contribution in [2.45, 2.75) is 6.61 Å². The first kappa shape index (κ1) is 11.3. The van der Waals surface area contributed by atoms with Gasteiger partial charge in [-0.05, 0) is 12.1 Å². The summed E-state index contributed by atoms with van der Waals surface area (Å²) >= 11 is 0. The molecule has 0 spiro atoms. The lowest BCUT2D eigenvalue weighted by Gasteiger charge is -2.08. The van der Waals surface area contributed by atoms with E-state index in [1.165, 1.54) is 18.2 Å². The maximum absolute atomic E-state index is 13.5. The van der Waals surface area contributed by atoms with E-state index >= 15 is 0 Å². The summed E-state index contributed by atoms with van der Waals surface area (Å²) in [5.74, 6) is 0.0689. The molecule has 0 saturated carbocycles. The second kappa shape index (κ2) is 4.78. The van der Waals surface area contributed by atoms with Crippen molar-refractivity contribution >= 4 is 6.29 Å². The van der Waals surface area contributed by atoms with E-state index in [9.17, 15) is 9.18 Å². The normalized spacial score (nSPS) is 10.2. The van der Waals surface area contributed by atoms with Crippen LogP contribution in [0.25, 0.3) is 0 Å². The van der Waals surface area contributed by atoms with Crippen LogP contribution < -0.4 is 4.74 Å². The molecular formula is C12H11FN2O2. The molecule has 0 saturated heterocycles. The molecule has 0 aliphatic heterocycles. The number of imidazole rings is 1. The van der Waals surface area contributed by atoms with E-state index in [2.05, 4.69) is 4.98 Å². The zero-order chi connectivity index (χ0) is 12.3. The number of carbonyl (C=O) groups excluding carboxylic acids is 1. The number of halogens is 1. The summed E-state index contributed by atoms with van der Waals surface area (Å²) in [6.07, 6.45) is 3.96. The van der Waals surface area contributed by atoms with E-state index in [-0.39, 0.29) is 17.9 Å². The Morgan fingerprint density at radius 2 is 2.35 bits per heavy atom. The van der Waals surface area contributed by atoms with E-state index in [4.69, 9.17) is 4.74 Å². The quantitative estimate of drug-likeness (QED) is 0.759. The Labute approximate surface area is 97.7 Å². The molecule has 0 radical (unpaired) electrons. The molecule has 0 bridgehead atoms. The van der Waals surface area contributed by atoms with Crippen molar-refractivity contribution in [3.63, 3.8) is 0 Å². The van der Waals surface area contributed by atoms with Crippen molar-refractivity contribution in [2.75, 3.05) is 0 Å². The SMILES string of the molecule is Cn1ccnc1COc1c(F)cccc1C=O.